The molecule has 1 fully saturated rings. The van der Waals surface area contributed by atoms with Gasteiger partial charge in [-0.25, -0.2) is 4.68 Å². The quantitative estimate of drug-likeness (QED) is 0.771. The number of hydrogen-bond donors (Lipinski definition) is 1. The lowest BCUT2D eigenvalue weighted by Gasteiger charge is -2.35. The van der Waals surface area contributed by atoms with Gasteiger partial charge >= 0.3 is 0 Å². The van der Waals surface area contributed by atoms with Crippen LogP contribution in [-0.4, -0.2) is 52.3 Å². The van der Waals surface area contributed by atoms with Gasteiger partial charge in [0, 0.05) is 38.4 Å². The van der Waals surface area contributed by atoms with Crippen LogP contribution in [0.2, 0.25) is 0 Å². The molecule has 1 saturated heterocycles. The second-order valence-electron chi connectivity index (χ2n) is 7.12. The lowest BCUT2D eigenvalue weighted by molar-refractivity contribution is 0.0955. The van der Waals surface area contributed by atoms with Crippen molar-refractivity contribution in [3.63, 3.8) is 0 Å². The summed E-state index contributed by atoms with van der Waals surface area (Å²) in [5.41, 5.74) is 2.28. The monoisotopic (exact) mass is 377 g/mol. The van der Waals surface area contributed by atoms with E-state index >= 15 is 0 Å². The predicted molar refractivity (Wildman–Crippen MR) is 108 cm³/mol. The Morgan fingerprint density at radius 1 is 1.20 bits per heavy atom. The predicted octanol–water partition coefficient (Wildman–Crippen LogP) is 3.96. The van der Waals surface area contributed by atoms with Gasteiger partial charge in [-0.15, -0.1) is 5.10 Å². The smallest absolute Gasteiger partial charge is 0.209 e. The highest BCUT2D eigenvalue weighted by molar-refractivity contribution is 7.73. The molecule has 1 aromatic carbocycles. The average molecular weight is 378 g/mol. The zero-order chi connectivity index (χ0) is 17.8. The molecule has 1 N–H and O–H groups in total. The van der Waals surface area contributed by atoms with Gasteiger partial charge in [-0.05, 0) is 42.8 Å². The molecule has 0 unspecified atom stereocenters. The molecule has 3 rings (SSSR count). The molecule has 1 aromatic heterocycles. The number of anilines is 2. The van der Waals surface area contributed by atoms with Crippen molar-refractivity contribution < 1.29 is 0 Å². The summed E-state index contributed by atoms with van der Waals surface area (Å²) in [6.07, 6.45) is 0. The summed E-state index contributed by atoms with van der Waals surface area (Å²) in [5, 5.41) is 8.88. The fraction of sp³-hybridized carbons (Fsp3) is 0.556. The fourth-order valence-electron chi connectivity index (χ4n) is 3.11. The van der Waals surface area contributed by atoms with Crippen molar-refractivity contribution in [1.29, 1.82) is 0 Å². The van der Waals surface area contributed by atoms with Gasteiger partial charge < -0.3 is 10.2 Å². The minimum atomic E-state index is 0.731. The van der Waals surface area contributed by atoms with Gasteiger partial charge in [0.1, 0.15) is 0 Å². The van der Waals surface area contributed by atoms with E-state index in [-0.39, 0.29) is 0 Å². The highest BCUT2D eigenvalue weighted by atomic mass is 32.1. The molecule has 0 amide bonds. The molecule has 2 aromatic rings. The highest BCUT2D eigenvalue weighted by Crippen LogP contribution is 2.21. The maximum Gasteiger partial charge on any atom is 0.209 e. The number of rotatable bonds is 6. The minimum Gasteiger partial charge on any atom is -0.330 e. The second-order valence-corrected chi connectivity index (χ2v) is 8.74. The molecule has 0 atom stereocenters. The molecule has 5 nitrogen and oxygen atoms in total. The van der Waals surface area contributed by atoms with E-state index in [1.165, 1.54) is 23.4 Å². The SMILES string of the molecule is Cc1cccc(Nc2nn(CN3CCN(CC(C)C)CC3)c(=S)s2)c1. The van der Waals surface area contributed by atoms with Crippen LogP contribution < -0.4 is 5.32 Å². The highest BCUT2D eigenvalue weighted by Gasteiger charge is 2.18. The van der Waals surface area contributed by atoms with Crippen molar-refractivity contribution in [3.8, 4) is 0 Å². The van der Waals surface area contributed by atoms with E-state index in [1.54, 1.807) is 0 Å². The molecule has 0 spiro atoms. The van der Waals surface area contributed by atoms with Gasteiger partial charge in [-0.2, -0.15) is 0 Å². The summed E-state index contributed by atoms with van der Waals surface area (Å²) < 4.78 is 2.76. The number of aromatic nitrogens is 2. The third-order valence-electron chi connectivity index (χ3n) is 4.30. The van der Waals surface area contributed by atoms with Crippen molar-refractivity contribution in [2.45, 2.75) is 27.4 Å². The van der Waals surface area contributed by atoms with E-state index in [0.717, 1.165) is 53.5 Å². The van der Waals surface area contributed by atoms with Gasteiger partial charge in [0.05, 0.1) is 6.67 Å². The normalized spacial score (nSPS) is 16.5. The van der Waals surface area contributed by atoms with Crippen LogP contribution in [-0.2, 0) is 6.67 Å². The summed E-state index contributed by atoms with van der Waals surface area (Å²) in [6, 6.07) is 8.30. The minimum absolute atomic E-state index is 0.731. The summed E-state index contributed by atoms with van der Waals surface area (Å²) in [5.74, 6) is 0.731. The maximum atomic E-state index is 5.51. The number of hydrogen-bond acceptors (Lipinski definition) is 6. The van der Waals surface area contributed by atoms with E-state index < -0.39 is 0 Å². The average Bonchev–Trinajstić information content (AvgIpc) is 2.88. The molecule has 1 aliphatic rings. The summed E-state index contributed by atoms with van der Waals surface area (Å²) in [6.45, 7) is 13.0. The van der Waals surface area contributed by atoms with E-state index in [0.29, 0.717) is 0 Å². The molecular weight excluding hydrogens is 350 g/mol. The largest absolute Gasteiger partial charge is 0.330 e. The van der Waals surface area contributed by atoms with Gasteiger partial charge in [-0.1, -0.05) is 37.3 Å². The van der Waals surface area contributed by atoms with Crippen LogP contribution in [0.25, 0.3) is 0 Å². The molecule has 136 valence electrons. The Morgan fingerprint density at radius 3 is 2.60 bits per heavy atom. The van der Waals surface area contributed by atoms with Crippen molar-refractivity contribution >= 4 is 34.4 Å². The van der Waals surface area contributed by atoms with Crippen LogP contribution in [0.1, 0.15) is 19.4 Å². The summed E-state index contributed by atoms with van der Waals surface area (Å²) in [4.78, 5) is 4.98. The van der Waals surface area contributed by atoms with Crippen LogP contribution in [0.4, 0.5) is 10.8 Å². The first-order valence-corrected chi connectivity index (χ1v) is 10.1. The Hall–Kier alpha value is -1.28. The van der Waals surface area contributed by atoms with Crippen molar-refractivity contribution in [3.05, 3.63) is 33.8 Å². The molecule has 25 heavy (non-hydrogen) atoms. The van der Waals surface area contributed by atoms with Crippen molar-refractivity contribution in [2.75, 3.05) is 38.0 Å². The van der Waals surface area contributed by atoms with Gasteiger partial charge in [-0.3, -0.25) is 4.90 Å². The van der Waals surface area contributed by atoms with Crippen molar-refractivity contribution in [2.24, 2.45) is 5.92 Å². The van der Waals surface area contributed by atoms with Crippen LogP contribution in [0.5, 0.6) is 0 Å². The fourth-order valence-corrected chi connectivity index (χ4v) is 4.12. The van der Waals surface area contributed by atoms with Crippen LogP contribution in [0.15, 0.2) is 24.3 Å². The first kappa shape index (κ1) is 18.5. The molecular formula is C18H27N5S2. The second kappa shape index (κ2) is 8.40. The summed E-state index contributed by atoms with van der Waals surface area (Å²) in [7, 11) is 0. The first-order valence-electron chi connectivity index (χ1n) is 8.86. The molecule has 1 aliphatic heterocycles. The van der Waals surface area contributed by atoms with Crippen LogP contribution in [0.3, 0.4) is 0 Å². The van der Waals surface area contributed by atoms with Gasteiger partial charge in [0.15, 0.2) is 3.95 Å². The van der Waals surface area contributed by atoms with E-state index in [2.05, 4.69) is 59.2 Å². The number of aryl methyl sites for hydroxylation is 1. The van der Waals surface area contributed by atoms with E-state index in [4.69, 9.17) is 12.2 Å². The zero-order valence-corrected chi connectivity index (χ0v) is 16.9. The van der Waals surface area contributed by atoms with Crippen molar-refractivity contribution in [1.82, 2.24) is 19.6 Å². The van der Waals surface area contributed by atoms with Gasteiger partial charge in [0.2, 0.25) is 5.13 Å². The number of piperazine rings is 1. The molecule has 0 bridgehead atoms. The Morgan fingerprint density at radius 2 is 1.92 bits per heavy atom. The number of benzene rings is 1. The topological polar surface area (TPSA) is 36.3 Å². The van der Waals surface area contributed by atoms with Crippen LogP contribution >= 0.6 is 23.6 Å². The third-order valence-corrected chi connectivity index (χ3v) is 5.52. The standard InChI is InChI=1S/C18H27N5S2/c1-14(2)12-21-7-9-22(10-8-21)13-23-18(24)25-17(20-23)19-16-6-4-5-15(3)11-16/h4-6,11,14H,7-10,12-13H2,1-3H3,(H,19,20). The van der Waals surface area contributed by atoms with E-state index in [9.17, 15) is 0 Å². The first-order chi connectivity index (χ1) is 12.0. The lowest BCUT2D eigenvalue weighted by Crippen LogP contribution is -2.47. The third kappa shape index (κ3) is 5.34. The Bertz CT molecular complexity index is 744. The number of nitrogens with one attached hydrogen (secondary N) is 1. The van der Waals surface area contributed by atoms with E-state index in [1.807, 2.05) is 10.7 Å². The van der Waals surface area contributed by atoms with Crippen LogP contribution in [0, 0.1) is 16.8 Å². The molecule has 0 saturated carbocycles. The molecule has 2 heterocycles. The Labute approximate surface area is 159 Å². The maximum absolute atomic E-state index is 5.51. The summed E-state index contributed by atoms with van der Waals surface area (Å²) >= 11 is 7.04. The Kier molecular flexibility index (Phi) is 6.22. The Balaban J connectivity index is 1.57. The zero-order valence-electron chi connectivity index (χ0n) is 15.2. The molecule has 0 aliphatic carbocycles. The molecule has 7 heteroatoms. The van der Waals surface area contributed by atoms with Gasteiger partial charge in [0.25, 0.3) is 0 Å². The lowest BCUT2D eigenvalue weighted by atomic mass is 10.2. The number of nitrogens with zero attached hydrogens (tertiary/aromatic N) is 4. The molecule has 0 radical (unpaired) electrons.